The van der Waals surface area contributed by atoms with Crippen molar-refractivity contribution in [2.45, 2.75) is 64.3 Å². The van der Waals surface area contributed by atoms with Gasteiger partial charge in [-0.3, -0.25) is 9.69 Å². The molecule has 1 aromatic carbocycles. The van der Waals surface area contributed by atoms with Gasteiger partial charge < -0.3 is 4.74 Å². The molecule has 0 aromatic heterocycles. The number of nitrogens with zero attached hydrogens (tertiary/aromatic N) is 1. The SMILES string of the molecule is C[C@H](c1ccccc1)N1C2C=CC(CC2)C1C(=O)OC(C)(C)C. The molecule has 3 unspecified atom stereocenters. The van der Waals surface area contributed by atoms with Crippen molar-refractivity contribution in [3.63, 3.8) is 0 Å². The van der Waals surface area contributed by atoms with E-state index in [0.717, 1.165) is 12.8 Å². The van der Waals surface area contributed by atoms with Crippen LogP contribution >= 0.6 is 0 Å². The van der Waals surface area contributed by atoms with Crippen LogP contribution in [0.2, 0.25) is 0 Å². The van der Waals surface area contributed by atoms with Crippen LogP contribution in [0.25, 0.3) is 0 Å². The van der Waals surface area contributed by atoms with E-state index in [0.29, 0.717) is 6.04 Å². The van der Waals surface area contributed by atoms with Gasteiger partial charge in [-0.15, -0.1) is 0 Å². The Morgan fingerprint density at radius 2 is 1.87 bits per heavy atom. The Morgan fingerprint density at radius 1 is 1.17 bits per heavy atom. The van der Waals surface area contributed by atoms with Gasteiger partial charge in [0.15, 0.2) is 0 Å². The van der Waals surface area contributed by atoms with Gasteiger partial charge in [0.25, 0.3) is 0 Å². The third-order valence-corrected chi connectivity index (χ3v) is 4.86. The van der Waals surface area contributed by atoms with Crippen LogP contribution in [0.1, 0.15) is 52.1 Å². The monoisotopic (exact) mass is 313 g/mol. The van der Waals surface area contributed by atoms with Crippen molar-refractivity contribution in [2.24, 2.45) is 5.92 Å². The van der Waals surface area contributed by atoms with Crippen LogP contribution in [0.4, 0.5) is 0 Å². The van der Waals surface area contributed by atoms with Gasteiger partial charge in [0.2, 0.25) is 0 Å². The highest BCUT2D eigenvalue weighted by atomic mass is 16.6. The first-order valence-corrected chi connectivity index (χ1v) is 8.60. The molecule has 3 heteroatoms. The fourth-order valence-electron chi connectivity index (χ4n) is 3.86. The van der Waals surface area contributed by atoms with E-state index >= 15 is 0 Å². The van der Waals surface area contributed by atoms with Gasteiger partial charge in [-0.1, -0.05) is 42.5 Å². The van der Waals surface area contributed by atoms with E-state index in [2.05, 4.69) is 48.2 Å². The topological polar surface area (TPSA) is 29.5 Å². The van der Waals surface area contributed by atoms with Gasteiger partial charge in [-0.05, 0) is 46.1 Å². The Morgan fingerprint density at radius 3 is 2.43 bits per heavy atom. The number of fused-ring (bicyclic) bond motifs is 2. The summed E-state index contributed by atoms with van der Waals surface area (Å²) >= 11 is 0. The zero-order valence-corrected chi connectivity index (χ0v) is 14.5. The molecule has 0 radical (unpaired) electrons. The fourth-order valence-corrected chi connectivity index (χ4v) is 3.86. The molecule has 3 aliphatic rings. The van der Waals surface area contributed by atoms with E-state index in [4.69, 9.17) is 4.74 Å². The Hall–Kier alpha value is -1.61. The highest BCUT2D eigenvalue weighted by Crippen LogP contribution is 2.41. The second-order valence-electron chi connectivity index (χ2n) is 7.71. The van der Waals surface area contributed by atoms with Crippen LogP contribution in [0.15, 0.2) is 42.5 Å². The number of hydrogen-bond donors (Lipinski definition) is 0. The number of benzene rings is 1. The Balaban J connectivity index is 1.89. The lowest BCUT2D eigenvalue weighted by atomic mass is 9.78. The third-order valence-electron chi connectivity index (χ3n) is 4.86. The van der Waals surface area contributed by atoms with Crippen LogP contribution in [-0.2, 0) is 9.53 Å². The number of ether oxygens (including phenoxy) is 1. The highest BCUT2D eigenvalue weighted by molar-refractivity contribution is 5.77. The van der Waals surface area contributed by atoms with Crippen molar-refractivity contribution in [3.05, 3.63) is 48.0 Å². The summed E-state index contributed by atoms with van der Waals surface area (Å²) in [6.07, 6.45) is 6.69. The molecule has 4 atom stereocenters. The summed E-state index contributed by atoms with van der Waals surface area (Å²) in [6, 6.07) is 10.8. The number of rotatable bonds is 3. The van der Waals surface area contributed by atoms with E-state index in [-0.39, 0.29) is 24.0 Å². The van der Waals surface area contributed by atoms with Crippen molar-refractivity contribution in [1.82, 2.24) is 4.90 Å². The molecule has 0 saturated carbocycles. The summed E-state index contributed by atoms with van der Waals surface area (Å²) in [7, 11) is 0. The zero-order chi connectivity index (χ0) is 16.6. The molecule has 0 spiro atoms. The Labute approximate surface area is 139 Å². The van der Waals surface area contributed by atoms with Gasteiger partial charge >= 0.3 is 5.97 Å². The molecular weight excluding hydrogens is 286 g/mol. The quantitative estimate of drug-likeness (QED) is 0.621. The lowest BCUT2D eigenvalue weighted by Crippen LogP contribution is -2.58. The van der Waals surface area contributed by atoms with Crippen LogP contribution in [0.3, 0.4) is 0 Å². The standard InChI is InChI=1S/C20H27NO2/c1-14(15-8-6-5-7-9-15)21-17-12-10-16(11-13-17)18(21)19(22)23-20(2,3)4/h5-10,12,14,16-18H,11,13H2,1-4H3/t14-,16?,17?,18?/m1/s1. The maximum Gasteiger partial charge on any atom is 0.324 e. The molecule has 1 aromatic rings. The Kier molecular flexibility index (Phi) is 4.33. The smallest absolute Gasteiger partial charge is 0.324 e. The van der Waals surface area contributed by atoms with Crippen LogP contribution in [0, 0.1) is 5.92 Å². The molecule has 2 heterocycles. The lowest BCUT2D eigenvalue weighted by Gasteiger charge is -2.50. The van der Waals surface area contributed by atoms with Crippen LogP contribution in [-0.4, -0.2) is 28.6 Å². The van der Waals surface area contributed by atoms with Crippen molar-refractivity contribution in [1.29, 1.82) is 0 Å². The minimum Gasteiger partial charge on any atom is -0.459 e. The maximum absolute atomic E-state index is 12.9. The number of esters is 1. The van der Waals surface area contributed by atoms with Crippen LogP contribution < -0.4 is 0 Å². The molecule has 124 valence electrons. The summed E-state index contributed by atoms with van der Waals surface area (Å²) in [6.45, 7) is 8.01. The minimum absolute atomic E-state index is 0.0840. The molecule has 0 N–H and O–H groups in total. The highest BCUT2D eigenvalue weighted by Gasteiger charge is 2.46. The molecule has 23 heavy (non-hydrogen) atoms. The normalized spacial score (nSPS) is 28.6. The van der Waals surface area contributed by atoms with E-state index < -0.39 is 5.60 Å². The van der Waals surface area contributed by atoms with E-state index in [1.165, 1.54) is 5.56 Å². The number of piperidine rings is 1. The number of hydrogen-bond acceptors (Lipinski definition) is 3. The van der Waals surface area contributed by atoms with Crippen molar-refractivity contribution in [3.8, 4) is 0 Å². The molecule has 3 nitrogen and oxygen atoms in total. The van der Waals surface area contributed by atoms with Crippen molar-refractivity contribution >= 4 is 5.97 Å². The van der Waals surface area contributed by atoms with Crippen molar-refractivity contribution < 1.29 is 9.53 Å². The number of carbonyl (C=O) groups is 1. The lowest BCUT2D eigenvalue weighted by molar-refractivity contribution is -0.168. The van der Waals surface area contributed by atoms with Gasteiger partial charge in [0.1, 0.15) is 11.6 Å². The first-order valence-electron chi connectivity index (χ1n) is 8.60. The Bertz CT molecular complexity index is 587. The molecule has 1 saturated heterocycles. The van der Waals surface area contributed by atoms with E-state index in [1.807, 2.05) is 26.8 Å². The maximum atomic E-state index is 12.9. The van der Waals surface area contributed by atoms with Gasteiger partial charge in [0, 0.05) is 18.0 Å². The van der Waals surface area contributed by atoms with Crippen molar-refractivity contribution in [2.75, 3.05) is 0 Å². The average molecular weight is 313 g/mol. The summed E-state index contributed by atoms with van der Waals surface area (Å²) < 4.78 is 5.73. The van der Waals surface area contributed by atoms with Gasteiger partial charge in [0.05, 0.1) is 0 Å². The molecule has 1 fully saturated rings. The summed E-state index contributed by atoms with van der Waals surface area (Å²) in [5, 5.41) is 0. The van der Waals surface area contributed by atoms with Gasteiger partial charge in [-0.2, -0.15) is 0 Å². The largest absolute Gasteiger partial charge is 0.459 e. The molecule has 2 aliphatic heterocycles. The van der Waals surface area contributed by atoms with Crippen LogP contribution in [0.5, 0.6) is 0 Å². The second kappa shape index (κ2) is 6.12. The second-order valence-corrected chi connectivity index (χ2v) is 7.71. The first-order chi connectivity index (χ1) is 10.9. The zero-order valence-electron chi connectivity index (χ0n) is 14.5. The van der Waals surface area contributed by atoms with Gasteiger partial charge in [-0.25, -0.2) is 0 Å². The summed E-state index contributed by atoms with van der Waals surface area (Å²) in [4.78, 5) is 15.2. The van der Waals surface area contributed by atoms with E-state index in [1.54, 1.807) is 0 Å². The predicted molar refractivity (Wildman–Crippen MR) is 92.0 cm³/mol. The average Bonchev–Trinajstić information content (AvgIpc) is 2.53. The first kappa shape index (κ1) is 16.3. The fraction of sp³-hybridized carbons (Fsp3) is 0.550. The number of carbonyl (C=O) groups excluding carboxylic acids is 1. The molecular formula is C20H27NO2. The predicted octanol–water partition coefficient (Wildman–Crippen LogP) is 4.11. The summed E-state index contributed by atoms with van der Waals surface area (Å²) in [5.74, 6) is 0.181. The van der Waals surface area contributed by atoms with E-state index in [9.17, 15) is 4.79 Å². The third kappa shape index (κ3) is 3.35. The molecule has 1 aliphatic carbocycles. The molecule has 4 rings (SSSR count). The molecule has 0 amide bonds. The minimum atomic E-state index is -0.445. The molecule has 2 bridgehead atoms. The summed E-state index contributed by atoms with van der Waals surface area (Å²) in [5.41, 5.74) is 0.807.